The minimum absolute atomic E-state index is 0.398. The number of nitrogens with zero attached hydrogens (tertiary/aromatic N) is 3. The highest BCUT2D eigenvalue weighted by atomic mass is 16.5. The fourth-order valence-electron chi connectivity index (χ4n) is 2.82. The Bertz CT molecular complexity index is 371. The average Bonchev–Trinajstić information content (AvgIpc) is 2.87. The van der Waals surface area contributed by atoms with Gasteiger partial charge in [-0.25, -0.2) is 0 Å². The normalized spacial score (nSPS) is 24.0. The fraction of sp³-hybridized carbons (Fsp3) is 0.857. The second-order valence-electron chi connectivity index (χ2n) is 5.50. The molecule has 0 aliphatic heterocycles. The fourth-order valence-corrected chi connectivity index (χ4v) is 2.82. The Morgan fingerprint density at radius 3 is 2.58 bits per heavy atom. The summed E-state index contributed by atoms with van der Waals surface area (Å²) in [6.07, 6.45) is 6.63. The Kier molecular flexibility index (Phi) is 5.34. The van der Waals surface area contributed by atoms with Crippen LogP contribution in [0.15, 0.2) is 4.52 Å². The summed E-state index contributed by atoms with van der Waals surface area (Å²) in [5, 5.41) is 3.97. The van der Waals surface area contributed by atoms with Gasteiger partial charge in [0.1, 0.15) is 0 Å². The first kappa shape index (κ1) is 14.5. The van der Waals surface area contributed by atoms with Crippen LogP contribution in [-0.4, -0.2) is 33.7 Å². The van der Waals surface area contributed by atoms with Crippen LogP contribution < -0.4 is 5.73 Å². The molecule has 0 aromatic carbocycles. The lowest BCUT2D eigenvalue weighted by Gasteiger charge is -2.35. The van der Waals surface area contributed by atoms with E-state index in [1.807, 2.05) is 6.92 Å². The van der Waals surface area contributed by atoms with Crippen LogP contribution in [0.25, 0.3) is 0 Å². The summed E-state index contributed by atoms with van der Waals surface area (Å²) >= 11 is 0. The number of nitrogens with two attached hydrogens (primary N) is 1. The molecule has 1 heterocycles. The van der Waals surface area contributed by atoms with Crippen molar-refractivity contribution in [2.24, 2.45) is 5.73 Å². The second kappa shape index (κ2) is 7.01. The highest BCUT2D eigenvalue weighted by Gasteiger charge is 2.25. The lowest BCUT2D eigenvalue weighted by Crippen LogP contribution is -2.40. The first-order chi connectivity index (χ1) is 9.22. The number of rotatable bonds is 6. The average molecular weight is 266 g/mol. The Morgan fingerprint density at radius 1 is 1.26 bits per heavy atom. The van der Waals surface area contributed by atoms with E-state index in [0.717, 1.165) is 50.5 Å². The second-order valence-corrected chi connectivity index (χ2v) is 5.50. The van der Waals surface area contributed by atoms with Crippen LogP contribution in [-0.2, 0) is 13.0 Å². The van der Waals surface area contributed by atoms with E-state index in [1.54, 1.807) is 0 Å². The molecule has 5 heteroatoms. The highest BCUT2D eigenvalue weighted by molar-refractivity contribution is 4.88. The molecule has 108 valence electrons. The molecule has 1 aromatic heterocycles. The highest BCUT2D eigenvalue weighted by Crippen LogP contribution is 2.23. The van der Waals surface area contributed by atoms with Crippen LogP contribution in [0.1, 0.15) is 57.7 Å². The molecule has 0 spiro atoms. The van der Waals surface area contributed by atoms with Gasteiger partial charge >= 0.3 is 0 Å². The summed E-state index contributed by atoms with van der Waals surface area (Å²) < 4.78 is 5.32. The zero-order valence-electron chi connectivity index (χ0n) is 12.1. The molecule has 0 saturated heterocycles. The Balaban J connectivity index is 1.95. The van der Waals surface area contributed by atoms with Gasteiger partial charge in [0.05, 0.1) is 6.54 Å². The number of aryl methyl sites for hydroxylation is 1. The number of aromatic nitrogens is 2. The maximum Gasteiger partial charge on any atom is 0.240 e. The van der Waals surface area contributed by atoms with Gasteiger partial charge in [-0.15, -0.1) is 0 Å². The molecule has 0 radical (unpaired) electrons. The van der Waals surface area contributed by atoms with E-state index in [4.69, 9.17) is 10.3 Å². The molecule has 2 rings (SSSR count). The number of hydrogen-bond acceptors (Lipinski definition) is 5. The summed E-state index contributed by atoms with van der Waals surface area (Å²) in [5.74, 6) is 1.55. The quantitative estimate of drug-likeness (QED) is 0.854. The molecule has 2 N–H and O–H groups in total. The first-order valence-corrected chi connectivity index (χ1v) is 7.54. The standard InChI is InChI=1S/C14H26N4O/c1-3-9-18(12-7-5-11(15)6-8-12)10-14-16-13(4-2)17-19-14/h11-12H,3-10,15H2,1-2H3. The lowest BCUT2D eigenvalue weighted by molar-refractivity contribution is 0.126. The van der Waals surface area contributed by atoms with Crippen LogP contribution in [0.2, 0.25) is 0 Å². The van der Waals surface area contributed by atoms with E-state index in [9.17, 15) is 0 Å². The predicted octanol–water partition coefficient (Wildman–Crippen LogP) is 2.11. The van der Waals surface area contributed by atoms with Gasteiger partial charge in [-0.1, -0.05) is 19.0 Å². The van der Waals surface area contributed by atoms with Crippen LogP contribution in [0.4, 0.5) is 0 Å². The maximum atomic E-state index is 5.99. The molecule has 1 saturated carbocycles. The van der Waals surface area contributed by atoms with Crippen molar-refractivity contribution in [2.75, 3.05) is 6.54 Å². The molecule has 0 bridgehead atoms. The van der Waals surface area contributed by atoms with Crippen molar-refractivity contribution in [1.29, 1.82) is 0 Å². The molecule has 1 fully saturated rings. The summed E-state index contributed by atoms with van der Waals surface area (Å²) in [6.45, 7) is 6.12. The predicted molar refractivity (Wildman–Crippen MR) is 74.6 cm³/mol. The molecular weight excluding hydrogens is 240 g/mol. The molecule has 0 amide bonds. The van der Waals surface area contributed by atoms with E-state index in [1.165, 1.54) is 12.8 Å². The topological polar surface area (TPSA) is 68.2 Å². The van der Waals surface area contributed by atoms with Gasteiger partial charge in [0.2, 0.25) is 5.89 Å². The summed E-state index contributed by atoms with van der Waals surface area (Å²) in [7, 11) is 0. The Labute approximate surface area is 115 Å². The number of hydrogen-bond donors (Lipinski definition) is 1. The van der Waals surface area contributed by atoms with Crippen LogP contribution in [0, 0.1) is 0 Å². The maximum absolute atomic E-state index is 5.99. The van der Waals surface area contributed by atoms with Gasteiger partial charge in [-0.3, -0.25) is 4.90 Å². The third-order valence-corrected chi connectivity index (χ3v) is 3.93. The van der Waals surface area contributed by atoms with Gasteiger partial charge in [0.15, 0.2) is 5.82 Å². The van der Waals surface area contributed by atoms with Gasteiger partial charge in [0, 0.05) is 18.5 Å². The molecule has 0 atom stereocenters. The van der Waals surface area contributed by atoms with E-state index in [0.29, 0.717) is 12.1 Å². The van der Waals surface area contributed by atoms with Crippen LogP contribution in [0.5, 0.6) is 0 Å². The summed E-state index contributed by atoms with van der Waals surface area (Å²) in [4.78, 5) is 6.90. The largest absolute Gasteiger partial charge is 0.338 e. The molecule has 1 aliphatic rings. The first-order valence-electron chi connectivity index (χ1n) is 7.54. The van der Waals surface area contributed by atoms with E-state index >= 15 is 0 Å². The molecule has 1 aromatic rings. The van der Waals surface area contributed by atoms with Crippen molar-refractivity contribution in [3.63, 3.8) is 0 Å². The minimum Gasteiger partial charge on any atom is -0.338 e. The van der Waals surface area contributed by atoms with E-state index < -0.39 is 0 Å². The van der Waals surface area contributed by atoms with Crippen molar-refractivity contribution < 1.29 is 4.52 Å². The molecule has 1 aliphatic carbocycles. The Hall–Kier alpha value is -0.940. The third kappa shape index (κ3) is 4.01. The van der Waals surface area contributed by atoms with Crippen molar-refractivity contribution in [1.82, 2.24) is 15.0 Å². The van der Waals surface area contributed by atoms with Gasteiger partial charge < -0.3 is 10.3 Å². The van der Waals surface area contributed by atoms with Crippen LogP contribution in [0.3, 0.4) is 0 Å². The van der Waals surface area contributed by atoms with Gasteiger partial charge in [0.25, 0.3) is 0 Å². The van der Waals surface area contributed by atoms with E-state index in [2.05, 4.69) is 22.0 Å². The summed E-state index contributed by atoms with van der Waals surface area (Å²) in [5.41, 5.74) is 5.99. The smallest absolute Gasteiger partial charge is 0.240 e. The van der Waals surface area contributed by atoms with Crippen LogP contribution >= 0.6 is 0 Å². The third-order valence-electron chi connectivity index (χ3n) is 3.93. The SMILES string of the molecule is CCCN(Cc1nc(CC)no1)C1CCC(N)CC1. The van der Waals surface area contributed by atoms with Crippen molar-refractivity contribution in [3.8, 4) is 0 Å². The lowest BCUT2D eigenvalue weighted by atomic mass is 9.90. The summed E-state index contributed by atoms with van der Waals surface area (Å²) in [6, 6.07) is 1.02. The Morgan fingerprint density at radius 2 is 2.00 bits per heavy atom. The van der Waals surface area contributed by atoms with Gasteiger partial charge in [-0.05, 0) is 38.6 Å². The van der Waals surface area contributed by atoms with Crippen molar-refractivity contribution in [2.45, 2.75) is 71.0 Å². The molecule has 19 heavy (non-hydrogen) atoms. The van der Waals surface area contributed by atoms with Crippen molar-refractivity contribution >= 4 is 0 Å². The monoisotopic (exact) mass is 266 g/mol. The molecular formula is C14H26N4O. The minimum atomic E-state index is 0.398. The zero-order valence-corrected chi connectivity index (χ0v) is 12.1. The van der Waals surface area contributed by atoms with Gasteiger partial charge in [-0.2, -0.15) is 4.98 Å². The van der Waals surface area contributed by atoms with Crippen molar-refractivity contribution in [3.05, 3.63) is 11.7 Å². The molecule has 0 unspecified atom stereocenters. The zero-order chi connectivity index (χ0) is 13.7. The molecule has 5 nitrogen and oxygen atoms in total. The van der Waals surface area contributed by atoms with E-state index in [-0.39, 0.29) is 0 Å².